The maximum absolute atomic E-state index is 13.4. The molecule has 0 radical (unpaired) electrons. The Bertz CT molecular complexity index is 1190. The number of likely N-dealkylation sites (tertiary alicyclic amines) is 1. The first-order valence-corrected chi connectivity index (χ1v) is 11.4. The van der Waals surface area contributed by atoms with Crippen molar-refractivity contribution in [3.05, 3.63) is 76.7 Å². The van der Waals surface area contributed by atoms with E-state index >= 15 is 0 Å². The fourth-order valence-corrected chi connectivity index (χ4v) is 4.79. The van der Waals surface area contributed by atoms with Crippen LogP contribution in [0.1, 0.15) is 23.0 Å². The molecule has 0 saturated carbocycles. The topological polar surface area (TPSA) is 76.6 Å². The molecule has 2 aromatic carbocycles. The van der Waals surface area contributed by atoms with Crippen LogP contribution in [-0.4, -0.2) is 40.7 Å². The smallest absolute Gasteiger partial charge is 0.322 e. The molecule has 0 spiro atoms. The van der Waals surface area contributed by atoms with Crippen molar-refractivity contribution in [1.82, 2.24) is 14.9 Å². The van der Waals surface area contributed by atoms with Crippen LogP contribution in [0, 0.1) is 25.7 Å². The van der Waals surface area contributed by atoms with Gasteiger partial charge in [-0.15, -0.1) is 0 Å². The molecule has 0 unspecified atom stereocenters. The van der Waals surface area contributed by atoms with Crippen molar-refractivity contribution < 1.29 is 14.3 Å². The van der Waals surface area contributed by atoms with Gasteiger partial charge in [0.1, 0.15) is 11.6 Å². The predicted molar refractivity (Wildman–Crippen MR) is 126 cm³/mol. The number of amides is 2. The zero-order valence-corrected chi connectivity index (χ0v) is 19.2. The van der Waals surface area contributed by atoms with Gasteiger partial charge in [0.25, 0.3) is 0 Å². The summed E-state index contributed by atoms with van der Waals surface area (Å²) >= 11 is 6.15. The van der Waals surface area contributed by atoms with Crippen molar-refractivity contribution in [3.63, 3.8) is 0 Å². The molecule has 5 rings (SSSR count). The van der Waals surface area contributed by atoms with Gasteiger partial charge >= 0.3 is 6.03 Å². The van der Waals surface area contributed by atoms with E-state index in [4.69, 9.17) is 21.1 Å². The van der Waals surface area contributed by atoms with Gasteiger partial charge in [-0.1, -0.05) is 29.8 Å². The van der Waals surface area contributed by atoms with E-state index in [2.05, 4.69) is 15.3 Å². The van der Waals surface area contributed by atoms with E-state index < -0.39 is 0 Å². The van der Waals surface area contributed by atoms with Gasteiger partial charge in [-0.05, 0) is 43.7 Å². The predicted octanol–water partition coefficient (Wildman–Crippen LogP) is 5.04. The first kappa shape index (κ1) is 21.5. The number of urea groups is 1. The van der Waals surface area contributed by atoms with Gasteiger partial charge in [0, 0.05) is 46.9 Å². The Morgan fingerprint density at radius 3 is 2.91 bits per heavy atom. The van der Waals surface area contributed by atoms with Crippen LogP contribution < -0.4 is 14.8 Å². The lowest BCUT2D eigenvalue weighted by Gasteiger charge is -2.34. The molecule has 1 saturated heterocycles. The number of carbonyl (C=O) groups excluding carboxylic acids is 1. The van der Waals surface area contributed by atoms with E-state index in [0.717, 1.165) is 22.6 Å². The normalized spacial score (nSPS) is 21.1. The minimum atomic E-state index is -0.149. The zero-order chi connectivity index (χ0) is 22.9. The lowest BCUT2D eigenvalue weighted by molar-refractivity contribution is 0.128. The number of nitrogens with zero attached hydrogens (tertiary/aromatic N) is 3. The summed E-state index contributed by atoms with van der Waals surface area (Å²) in [6, 6.07) is 14.9. The van der Waals surface area contributed by atoms with Crippen molar-refractivity contribution in [2.24, 2.45) is 11.8 Å². The summed E-state index contributed by atoms with van der Waals surface area (Å²) in [5.74, 6) is 2.23. The highest BCUT2D eigenvalue weighted by Crippen LogP contribution is 2.47. The number of hydrogen-bond acceptors (Lipinski definition) is 5. The number of ether oxygens (including phenoxy) is 2. The number of carbonyl (C=O) groups is 1. The molecule has 2 aliphatic rings. The maximum atomic E-state index is 13.4. The van der Waals surface area contributed by atoms with E-state index in [1.165, 1.54) is 0 Å². The number of aryl methyl sites for hydroxylation is 2. The molecule has 2 aliphatic heterocycles. The summed E-state index contributed by atoms with van der Waals surface area (Å²) in [6.07, 6.45) is 1.68. The van der Waals surface area contributed by atoms with Gasteiger partial charge in [0.2, 0.25) is 5.88 Å². The molecule has 33 heavy (non-hydrogen) atoms. The second kappa shape index (κ2) is 8.90. The Labute approximate surface area is 197 Å². The van der Waals surface area contributed by atoms with Crippen molar-refractivity contribution >= 4 is 23.3 Å². The fourth-order valence-electron chi connectivity index (χ4n) is 4.67. The maximum Gasteiger partial charge on any atom is 0.322 e. The van der Waals surface area contributed by atoms with Crippen molar-refractivity contribution in [1.29, 1.82) is 0 Å². The second-order valence-electron chi connectivity index (χ2n) is 8.52. The van der Waals surface area contributed by atoms with E-state index in [9.17, 15) is 4.79 Å². The van der Waals surface area contributed by atoms with Gasteiger partial charge in [-0.2, -0.15) is 4.98 Å². The van der Waals surface area contributed by atoms with Crippen molar-refractivity contribution in [2.45, 2.75) is 19.9 Å². The molecular formula is C25H25ClN4O3. The number of rotatable bonds is 4. The molecule has 2 amide bonds. The zero-order valence-electron chi connectivity index (χ0n) is 18.5. The van der Waals surface area contributed by atoms with E-state index in [1.54, 1.807) is 18.3 Å². The van der Waals surface area contributed by atoms with E-state index in [1.807, 2.05) is 55.1 Å². The Kier molecular flexibility index (Phi) is 5.81. The summed E-state index contributed by atoms with van der Waals surface area (Å²) in [7, 11) is 0. The highest BCUT2D eigenvalue weighted by atomic mass is 35.5. The van der Waals surface area contributed by atoms with Crippen LogP contribution in [0.5, 0.6) is 11.6 Å². The van der Waals surface area contributed by atoms with E-state index in [0.29, 0.717) is 36.5 Å². The summed E-state index contributed by atoms with van der Waals surface area (Å²) in [5, 5.41) is 3.71. The minimum absolute atomic E-state index is 0.0934. The fraction of sp³-hybridized carbons (Fsp3) is 0.320. The van der Waals surface area contributed by atoms with Crippen molar-refractivity contribution in [3.8, 4) is 11.6 Å². The third-order valence-corrected chi connectivity index (χ3v) is 6.74. The number of para-hydroxylation sites is 1. The van der Waals surface area contributed by atoms with E-state index in [-0.39, 0.29) is 23.9 Å². The van der Waals surface area contributed by atoms with Gasteiger partial charge in [0.05, 0.1) is 19.3 Å². The Morgan fingerprint density at radius 2 is 2.09 bits per heavy atom. The molecule has 3 heterocycles. The number of hydrogen-bond donors (Lipinski definition) is 1. The molecule has 1 N–H and O–H groups in total. The highest BCUT2D eigenvalue weighted by molar-refractivity contribution is 6.31. The summed E-state index contributed by atoms with van der Waals surface area (Å²) in [4.78, 5) is 23.8. The number of anilines is 1. The Hall–Kier alpha value is -3.32. The second-order valence-corrected chi connectivity index (χ2v) is 8.92. The molecule has 1 fully saturated rings. The number of fused-ring (bicyclic) bond motifs is 3. The Morgan fingerprint density at radius 1 is 1.24 bits per heavy atom. The number of aromatic nitrogens is 2. The van der Waals surface area contributed by atoms with Gasteiger partial charge in [0.15, 0.2) is 0 Å². The third-order valence-electron chi connectivity index (χ3n) is 6.31. The summed E-state index contributed by atoms with van der Waals surface area (Å²) < 4.78 is 12.1. The molecule has 3 atom stereocenters. The molecule has 0 bridgehead atoms. The molecule has 0 aliphatic carbocycles. The number of nitrogens with one attached hydrogen (secondary N) is 1. The SMILES string of the molecule is Cc1nccc(OC[C@@H]2CN(C(=O)Nc3ccc(Cl)c(C)c3)[C@H]3c4ccccc4OC[C@@H]23)n1. The average molecular weight is 465 g/mol. The van der Waals surface area contributed by atoms with Crippen molar-refractivity contribution in [2.75, 3.05) is 25.1 Å². The highest BCUT2D eigenvalue weighted by Gasteiger charge is 2.48. The first-order valence-electron chi connectivity index (χ1n) is 11.0. The van der Waals surface area contributed by atoms with Crippen LogP contribution in [-0.2, 0) is 0 Å². The lowest BCUT2D eigenvalue weighted by atomic mass is 9.86. The van der Waals surface area contributed by atoms with Crippen LogP contribution in [0.15, 0.2) is 54.7 Å². The minimum Gasteiger partial charge on any atom is -0.493 e. The van der Waals surface area contributed by atoms with Gasteiger partial charge in [-0.3, -0.25) is 0 Å². The van der Waals surface area contributed by atoms with Crippen LogP contribution in [0.4, 0.5) is 10.5 Å². The number of benzene rings is 2. The van der Waals surface area contributed by atoms with Crippen LogP contribution in [0.3, 0.4) is 0 Å². The van der Waals surface area contributed by atoms with Gasteiger partial charge in [-0.25, -0.2) is 9.78 Å². The first-order chi connectivity index (χ1) is 16.0. The molecule has 7 nitrogen and oxygen atoms in total. The third kappa shape index (κ3) is 4.33. The molecular weight excluding hydrogens is 440 g/mol. The average Bonchev–Trinajstić information content (AvgIpc) is 3.19. The largest absolute Gasteiger partial charge is 0.493 e. The Balaban J connectivity index is 1.39. The van der Waals surface area contributed by atoms with Crippen LogP contribution in [0.25, 0.3) is 0 Å². The van der Waals surface area contributed by atoms with Crippen LogP contribution >= 0.6 is 11.6 Å². The molecule has 8 heteroatoms. The molecule has 1 aromatic heterocycles. The molecule has 170 valence electrons. The lowest BCUT2D eigenvalue weighted by Crippen LogP contribution is -2.38. The van der Waals surface area contributed by atoms with Crippen LogP contribution in [0.2, 0.25) is 5.02 Å². The summed E-state index contributed by atoms with van der Waals surface area (Å²) in [6.45, 7) is 5.26. The quantitative estimate of drug-likeness (QED) is 0.585. The van der Waals surface area contributed by atoms with Gasteiger partial charge < -0.3 is 19.7 Å². The number of halogens is 1. The summed E-state index contributed by atoms with van der Waals surface area (Å²) in [5.41, 5.74) is 2.66. The monoisotopic (exact) mass is 464 g/mol. The molecule has 3 aromatic rings. The standard InChI is InChI=1S/C25H25ClN4O3/c1-15-11-18(7-8-21(15)26)29-25(31)30-12-17(13-33-23-9-10-27-16(2)28-23)20-14-32-22-6-4-3-5-19(22)24(20)30/h3-11,17,20,24H,12-14H2,1-2H3,(H,29,31)/t17-,20-,24-/m0/s1.